The van der Waals surface area contributed by atoms with Crippen LogP contribution in [-0.4, -0.2) is 31.2 Å². The van der Waals surface area contributed by atoms with Crippen molar-refractivity contribution in [3.8, 4) is 0 Å². The van der Waals surface area contributed by atoms with Crippen molar-refractivity contribution in [3.63, 3.8) is 0 Å². The molecule has 2 rings (SSSR count). The normalized spacial score (nSPS) is 23.7. The molecule has 1 fully saturated rings. The van der Waals surface area contributed by atoms with Gasteiger partial charge in [0, 0.05) is 13.1 Å². The second-order valence-corrected chi connectivity index (χ2v) is 4.38. The number of benzene rings is 1. The number of halogens is 1. The highest BCUT2D eigenvalue weighted by molar-refractivity contribution is 6.21. The number of hydrogen-bond donors (Lipinski definition) is 1. The van der Waals surface area contributed by atoms with Gasteiger partial charge in [-0.1, -0.05) is 30.3 Å². The van der Waals surface area contributed by atoms with Gasteiger partial charge in [-0.2, -0.15) is 0 Å². The van der Waals surface area contributed by atoms with Crippen molar-refractivity contribution in [1.82, 2.24) is 5.32 Å². The van der Waals surface area contributed by atoms with E-state index in [-0.39, 0.29) is 11.5 Å². The minimum absolute atomic E-state index is 0.0557. The van der Waals surface area contributed by atoms with Crippen molar-refractivity contribution in [3.05, 3.63) is 35.9 Å². The Morgan fingerprint density at radius 1 is 1.40 bits per heavy atom. The molecule has 3 heteroatoms. The standard InChI is InChI=1S/C12H16ClNO/c13-11(12-9-14-6-7-15-12)8-10-4-2-1-3-5-10/h1-5,11-12,14H,6-9H2. The van der Waals surface area contributed by atoms with Crippen molar-refractivity contribution in [2.75, 3.05) is 19.7 Å². The molecule has 1 N–H and O–H groups in total. The fourth-order valence-electron chi connectivity index (χ4n) is 1.79. The van der Waals surface area contributed by atoms with Crippen LogP contribution in [-0.2, 0) is 11.2 Å². The van der Waals surface area contributed by atoms with Crippen molar-refractivity contribution in [2.45, 2.75) is 17.9 Å². The summed E-state index contributed by atoms with van der Waals surface area (Å²) in [5.74, 6) is 0. The van der Waals surface area contributed by atoms with Crippen LogP contribution in [0.2, 0.25) is 0 Å². The first-order valence-electron chi connectivity index (χ1n) is 5.36. The first-order valence-corrected chi connectivity index (χ1v) is 5.80. The molecule has 15 heavy (non-hydrogen) atoms. The van der Waals surface area contributed by atoms with Crippen LogP contribution in [0.25, 0.3) is 0 Å². The van der Waals surface area contributed by atoms with Crippen LogP contribution < -0.4 is 5.32 Å². The molecular weight excluding hydrogens is 210 g/mol. The molecule has 1 saturated heterocycles. The molecule has 0 aromatic heterocycles. The monoisotopic (exact) mass is 225 g/mol. The summed E-state index contributed by atoms with van der Waals surface area (Å²) in [7, 11) is 0. The molecule has 0 bridgehead atoms. The first kappa shape index (κ1) is 10.9. The molecule has 1 aliphatic heterocycles. The Bertz CT molecular complexity index is 285. The molecule has 0 amide bonds. The van der Waals surface area contributed by atoms with Crippen LogP contribution in [0.1, 0.15) is 5.56 Å². The van der Waals surface area contributed by atoms with Crippen LogP contribution >= 0.6 is 11.6 Å². The van der Waals surface area contributed by atoms with Gasteiger partial charge in [0.25, 0.3) is 0 Å². The summed E-state index contributed by atoms with van der Waals surface area (Å²) in [5.41, 5.74) is 1.27. The Morgan fingerprint density at radius 3 is 2.87 bits per heavy atom. The van der Waals surface area contributed by atoms with E-state index in [0.717, 1.165) is 26.1 Å². The van der Waals surface area contributed by atoms with E-state index in [2.05, 4.69) is 17.4 Å². The van der Waals surface area contributed by atoms with Gasteiger partial charge < -0.3 is 10.1 Å². The van der Waals surface area contributed by atoms with Crippen molar-refractivity contribution in [1.29, 1.82) is 0 Å². The summed E-state index contributed by atoms with van der Waals surface area (Å²) in [4.78, 5) is 0. The summed E-state index contributed by atoms with van der Waals surface area (Å²) in [6.45, 7) is 2.56. The van der Waals surface area contributed by atoms with Gasteiger partial charge in [-0.25, -0.2) is 0 Å². The number of morpholine rings is 1. The van der Waals surface area contributed by atoms with Gasteiger partial charge in [0.2, 0.25) is 0 Å². The fourth-order valence-corrected chi connectivity index (χ4v) is 2.13. The predicted octanol–water partition coefficient (Wildman–Crippen LogP) is 1.82. The van der Waals surface area contributed by atoms with E-state index < -0.39 is 0 Å². The van der Waals surface area contributed by atoms with Gasteiger partial charge in [0.15, 0.2) is 0 Å². The molecule has 0 spiro atoms. The lowest BCUT2D eigenvalue weighted by Crippen LogP contribution is -2.43. The highest BCUT2D eigenvalue weighted by Gasteiger charge is 2.22. The van der Waals surface area contributed by atoms with Gasteiger partial charge in [-0.3, -0.25) is 0 Å². The van der Waals surface area contributed by atoms with Crippen LogP contribution in [0.4, 0.5) is 0 Å². The zero-order chi connectivity index (χ0) is 10.5. The van der Waals surface area contributed by atoms with Gasteiger partial charge >= 0.3 is 0 Å². The molecule has 1 aliphatic rings. The molecule has 0 aliphatic carbocycles. The zero-order valence-electron chi connectivity index (χ0n) is 8.66. The summed E-state index contributed by atoms with van der Waals surface area (Å²) in [6.07, 6.45) is 1.01. The van der Waals surface area contributed by atoms with Crippen molar-refractivity contribution < 1.29 is 4.74 Å². The van der Waals surface area contributed by atoms with Crippen LogP contribution in [0.3, 0.4) is 0 Å². The Balaban J connectivity index is 1.88. The van der Waals surface area contributed by atoms with Crippen molar-refractivity contribution in [2.24, 2.45) is 0 Å². The largest absolute Gasteiger partial charge is 0.374 e. The van der Waals surface area contributed by atoms with Gasteiger partial charge in [0.1, 0.15) is 0 Å². The average Bonchev–Trinajstić information content (AvgIpc) is 2.31. The zero-order valence-corrected chi connectivity index (χ0v) is 9.41. The lowest BCUT2D eigenvalue weighted by molar-refractivity contribution is 0.0263. The first-order chi connectivity index (χ1) is 7.36. The number of ether oxygens (including phenoxy) is 1. The maximum atomic E-state index is 6.33. The molecule has 2 unspecified atom stereocenters. The van der Waals surface area contributed by atoms with E-state index in [1.807, 2.05) is 18.2 Å². The summed E-state index contributed by atoms with van der Waals surface area (Å²) < 4.78 is 5.62. The minimum atomic E-state index is 0.0557. The summed E-state index contributed by atoms with van der Waals surface area (Å²) >= 11 is 6.33. The number of hydrogen-bond acceptors (Lipinski definition) is 2. The molecular formula is C12H16ClNO. The smallest absolute Gasteiger partial charge is 0.0866 e. The maximum absolute atomic E-state index is 6.33. The SMILES string of the molecule is ClC(Cc1ccccc1)C1CNCCO1. The van der Waals surface area contributed by atoms with E-state index in [1.165, 1.54) is 5.56 Å². The van der Waals surface area contributed by atoms with Crippen LogP contribution in [0.15, 0.2) is 30.3 Å². The lowest BCUT2D eigenvalue weighted by Gasteiger charge is -2.27. The molecule has 2 nitrogen and oxygen atoms in total. The highest BCUT2D eigenvalue weighted by Crippen LogP contribution is 2.15. The number of nitrogens with one attached hydrogen (secondary N) is 1. The van der Waals surface area contributed by atoms with E-state index in [0.29, 0.717) is 0 Å². The average molecular weight is 226 g/mol. The number of alkyl halides is 1. The maximum Gasteiger partial charge on any atom is 0.0866 e. The number of rotatable bonds is 3. The molecule has 2 atom stereocenters. The fraction of sp³-hybridized carbons (Fsp3) is 0.500. The van der Waals surface area contributed by atoms with E-state index in [9.17, 15) is 0 Å². The third-order valence-corrected chi connectivity index (χ3v) is 3.07. The molecule has 1 aromatic carbocycles. The Hall–Kier alpha value is -0.570. The molecule has 0 radical (unpaired) electrons. The Morgan fingerprint density at radius 2 is 2.20 bits per heavy atom. The molecule has 1 aromatic rings. The third kappa shape index (κ3) is 3.20. The second-order valence-electron chi connectivity index (χ2n) is 3.82. The Labute approximate surface area is 95.6 Å². The van der Waals surface area contributed by atoms with Gasteiger partial charge in [-0.15, -0.1) is 11.6 Å². The Kier molecular flexibility index (Phi) is 4.01. The van der Waals surface area contributed by atoms with Crippen molar-refractivity contribution >= 4 is 11.6 Å². The topological polar surface area (TPSA) is 21.3 Å². The van der Waals surface area contributed by atoms with E-state index in [1.54, 1.807) is 0 Å². The molecule has 82 valence electrons. The summed E-state index contributed by atoms with van der Waals surface area (Å²) in [6, 6.07) is 10.3. The van der Waals surface area contributed by atoms with Crippen LogP contribution in [0, 0.1) is 0 Å². The predicted molar refractivity (Wildman–Crippen MR) is 62.4 cm³/mol. The highest BCUT2D eigenvalue weighted by atomic mass is 35.5. The van der Waals surface area contributed by atoms with Crippen LogP contribution in [0.5, 0.6) is 0 Å². The third-order valence-electron chi connectivity index (χ3n) is 2.63. The summed E-state index contributed by atoms with van der Waals surface area (Å²) in [5, 5.41) is 3.35. The minimum Gasteiger partial charge on any atom is -0.374 e. The molecule has 0 saturated carbocycles. The second kappa shape index (κ2) is 5.50. The molecule has 1 heterocycles. The van der Waals surface area contributed by atoms with Gasteiger partial charge in [0.05, 0.1) is 18.1 Å². The lowest BCUT2D eigenvalue weighted by atomic mass is 10.1. The van der Waals surface area contributed by atoms with E-state index >= 15 is 0 Å². The van der Waals surface area contributed by atoms with Gasteiger partial charge in [-0.05, 0) is 12.0 Å². The van der Waals surface area contributed by atoms with E-state index in [4.69, 9.17) is 16.3 Å². The quantitative estimate of drug-likeness (QED) is 0.793.